The highest BCUT2D eigenvalue weighted by molar-refractivity contribution is 6.07. The first-order valence-corrected chi connectivity index (χ1v) is 11.3. The SMILES string of the molecule is COc1ccccc1-c1nc2cc(N)cc(C(=O)NCCc3cnn(-c4ccccc4)c3)c2n1C. The molecule has 3 aromatic carbocycles. The zero-order valence-electron chi connectivity index (χ0n) is 19.6. The molecule has 2 aromatic heterocycles. The van der Waals surface area contributed by atoms with E-state index < -0.39 is 0 Å². The number of ether oxygens (including phenoxy) is 1. The summed E-state index contributed by atoms with van der Waals surface area (Å²) < 4.78 is 9.25. The first-order chi connectivity index (χ1) is 17.0. The number of aromatic nitrogens is 4. The van der Waals surface area contributed by atoms with E-state index in [1.165, 1.54) is 0 Å². The maximum absolute atomic E-state index is 13.2. The van der Waals surface area contributed by atoms with Crippen molar-refractivity contribution >= 4 is 22.6 Å². The van der Waals surface area contributed by atoms with Crippen LogP contribution in [0.25, 0.3) is 28.1 Å². The zero-order valence-corrected chi connectivity index (χ0v) is 19.6. The van der Waals surface area contributed by atoms with Crippen LogP contribution in [0.4, 0.5) is 5.69 Å². The Bertz CT molecular complexity index is 1500. The zero-order chi connectivity index (χ0) is 24.4. The fraction of sp³-hybridized carbons (Fsp3) is 0.148. The van der Waals surface area contributed by atoms with Gasteiger partial charge in [0.25, 0.3) is 5.91 Å². The Balaban J connectivity index is 1.37. The Morgan fingerprint density at radius 3 is 2.66 bits per heavy atom. The number of carbonyl (C=O) groups is 1. The molecule has 0 saturated carbocycles. The van der Waals surface area contributed by atoms with E-state index in [9.17, 15) is 4.79 Å². The lowest BCUT2D eigenvalue weighted by molar-refractivity contribution is 0.0955. The second-order valence-corrected chi connectivity index (χ2v) is 8.27. The Morgan fingerprint density at radius 2 is 1.86 bits per heavy atom. The van der Waals surface area contributed by atoms with Crippen LogP contribution in [-0.4, -0.2) is 38.9 Å². The minimum absolute atomic E-state index is 0.202. The first kappa shape index (κ1) is 22.2. The van der Waals surface area contributed by atoms with Crippen molar-refractivity contribution in [1.82, 2.24) is 24.6 Å². The molecule has 8 heteroatoms. The maximum Gasteiger partial charge on any atom is 0.253 e. The summed E-state index contributed by atoms with van der Waals surface area (Å²) in [6.07, 6.45) is 4.45. The van der Waals surface area contributed by atoms with Gasteiger partial charge in [-0.15, -0.1) is 0 Å². The molecule has 5 aromatic rings. The highest BCUT2D eigenvalue weighted by Gasteiger charge is 2.20. The fourth-order valence-electron chi connectivity index (χ4n) is 4.24. The fourth-order valence-corrected chi connectivity index (χ4v) is 4.24. The molecule has 0 aliphatic heterocycles. The molecule has 2 heterocycles. The summed E-state index contributed by atoms with van der Waals surface area (Å²) in [6, 6.07) is 21.1. The minimum atomic E-state index is -0.202. The Hall–Kier alpha value is -4.59. The van der Waals surface area contributed by atoms with Crippen molar-refractivity contribution in [3.8, 4) is 22.8 Å². The number of aryl methyl sites for hydroxylation is 1. The number of rotatable bonds is 7. The average Bonchev–Trinajstić information content (AvgIpc) is 3.48. The van der Waals surface area contributed by atoms with Crippen molar-refractivity contribution in [2.45, 2.75) is 6.42 Å². The van der Waals surface area contributed by atoms with Gasteiger partial charge >= 0.3 is 0 Å². The van der Waals surface area contributed by atoms with E-state index in [1.807, 2.05) is 83.3 Å². The number of methoxy groups -OCH3 is 1. The first-order valence-electron chi connectivity index (χ1n) is 11.3. The quantitative estimate of drug-likeness (QED) is 0.353. The van der Waals surface area contributed by atoms with Crippen molar-refractivity contribution in [2.75, 3.05) is 19.4 Å². The summed E-state index contributed by atoms with van der Waals surface area (Å²) in [6.45, 7) is 0.465. The number of anilines is 1. The van der Waals surface area contributed by atoms with Crippen LogP contribution in [0.3, 0.4) is 0 Å². The van der Waals surface area contributed by atoms with E-state index in [2.05, 4.69) is 10.4 Å². The van der Waals surface area contributed by atoms with Gasteiger partial charge in [-0.25, -0.2) is 9.67 Å². The van der Waals surface area contributed by atoms with Crippen LogP contribution in [0.5, 0.6) is 5.75 Å². The van der Waals surface area contributed by atoms with Crippen molar-refractivity contribution < 1.29 is 9.53 Å². The average molecular weight is 467 g/mol. The van der Waals surface area contributed by atoms with E-state index in [-0.39, 0.29) is 5.91 Å². The lowest BCUT2D eigenvalue weighted by Gasteiger charge is -2.10. The maximum atomic E-state index is 13.2. The highest BCUT2D eigenvalue weighted by Crippen LogP contribution is 2.33. The van der Waals surface area contributed by atoms with E-state index in [4.69, 9.17) is 15.5 Å². The van der Waals surface area contributed by atoms with Gasteiger partial charge in [0.2, 0.25) is 0 Å². The highest BCUT2D eigenvalue weighted by atomic mass is 16.5. The number of nitrogens with zero attached hydrogens (tertiary/aromatic N) is 4. The second kappa shape index (κ2) is 9.34. The number of carbonyl (C=O) groups excluding carboxylic acids is 1. The third-order valence-corrected chi connectivity index (χ3v) is 5.94. The van der Waals surface area contributed by atoms with Crippen LogP contribution < -0.4 is 15.8 Å². The molecule has 8 nitrogen and oxygen atoms in total. The molecule has 0 saturated heterocycles. The summed E-state index contributed by atoms with van der Waals surface area (Å²) in [4.78, 5) is 18.0. The number of fused-ring (bicyclic) bond motifs is 1. The number of hydrogen-bond donors (Lipinski definition) is 2. The van der Waals surface area contributed by atoms with Gasteiger partial charge in [0.05, 0.1) is 41.2 Å². The van der Waals surface area contributed by atoms with Gasteiger partial charge in [-0.3, -0.25) is 4.79 Å². The predicted octanol–water partition coefficient (Wildman–Crippen LogP) is 3.99. The molecule has 0 atom stereocenters. The molecular weight excluding hydrogens is 440 g/mol. The summed E-state index contributed by atoms with van der Waals surface area (Å²) in [5.41, 5.74) is 11.3. The van der Waals surface area contributed by atoms with Crippen LogP contribution in [0.2, 0.25) is 0 Å². The molecule has 0 spiro atoms. The number of para-hydroxylation sites is 2. The number of hydrogen-bond acceptors (Lipinski definition) is 5. The van der Waals surface area contributed by atoms with Gasteiger partial charge < -0.3 is 20.4 Å². The van der Waals surface area contributed by atoms with Crippen LogP contribution in [0.15, 0.2) is 79.1 Å². The van der Waals surface area contributed by atoms with Crippen LogP contribution in [-0.2, 0) is 13.5 Å². The third kappa shape index (κ3) is 4.33. The number of nitrogen functional groups attached to an aromatic ring is 1. The molecule has 0 radical (unpaired) electrons. The Labute approximate surface area is 203 Å². The van der Waals surface area contributed by atoms with Crippen molar-refractivity contribution in [3.63, 3.8) is 0 Å². The molecule has 0 unspecified atom stereocenters. The van der Waals surface area contributed by atoms with Crippen LogP contribution >= 0.6 is 0 Å². The third-order valence-electron chi connectivity index (χ3n) is 5.94. The van der Waals surface area contributed by atoms with Crippen LogP contribution in [0, 0.1) is 0 Å². The molecule has 0 fully saturated rings. The molecule has 35 heavy (non-hydrogen) atoms. The topological polar surface area (TPSA) is 100.0 Å². The molecule has 0 aliphatic carbocycles. The van der Waals surface area contributed by atoms with Gasteiger partial charge in [0.15, 0.2) is 0 Å². The van der Waals surface area contributed by atoms with Crippen molar-refractivity contribution in [2.24, 2.45) is 7.05 Å². The lowest BCUT2D eigenvalue weighted by atomic mass is 10.1. The molecule has 0 aliphatic rings. The van der Waals surface area contributed by atoms with E-state index in [0.717, 1.165) is 22.3 Å². The van der Waals surface area contributed by atoms with Gasteiger partial charge in [0, 0.05) is 25.5 Å². The van der Waals surface area contributed by atoms with Gasteiger partial charge in [0.1, 0.15) is 11.6 Å². The normalized spacial score (nSPS) is 11.0. The standard InChI is InChI=1S/C27H26N6O2/c1-32-25-22(14-19(28)15-23(25)31-26(32)21-10-6-7-11-24(21)35-2)27(34)29-13-12-18-16-30-33(17-18)20-8-4-3-5-9-20/h3-11,14-17H,12-13,28H2,1-2H3,(H,29,34). The van der Waals surface area contributed by atoms with E-state index >= 15 is 0 Å². The van der Waals surface area contributed by atoms with E-state index in [0.29, 0.717) is 41.3 Å². The van der Waals surface area contributed by atoms with Gasteiger partial charge in [-0.1, -0.05) is 30.3 Å². The number of imidazole rings is 1. The molecule has 176 valence electrons. The largest absolute Gasteiger partial charge is 0.496 e. The van der Waals surface area contributed by atoms with Gasteiger partial charge in [-0.05, 0) is 48.4 Å². The summed E-state index contributed by atoms with van der Waals surface area (Å²) in [7, 11) is 3.52. The molecule has 1 amide bonds. The van der Waals surface area contributed by atoms with Crippen molar-refractivity contribution in [3.05, 3.63) is 90.3 Å². The monoisotopic (exact) mass is 466 g/mol. The van der Waals surface area contributed by atoms with Crippen molar-refractivity contribution in [1.29, 1.82) is 0 Å². The van der Waals surface area contributed by atoms with E-state index in [1.54, 1.807) is 19.2 Å². The summed E-state index contributed by atoms with van der Waals surface area (Å²) >= 11 is 0. The Morgan fingerprint density at radius 1 is 1.09 bits per heavy atom. The lowest BCUT2D eigenvalue weighted by Crippen LogP contribution is -2.26. The summed E-state index contributed by atoms with van der Waals surface area (Å²) in [5.74, 6) is 1.21. The van der Waals surface area contributed by atoms with Gasteiger partial charge in [-0.2, -0.15) is 5.10 Å². The van der Waals surface area contributed by atoms with Crippen LogP contribution in [0.1, 0.15) is 15.9 Å². The Kier molecular flexibility index (Phi) is 5.93. The molecule has 0 bridgehead atoms. The predicted molar refractivity (Wildman–Crippen MR) is 137 cm³/mol. The smallest absolute Gasteiger partial charge is 0.253 e. The number of benzene rings is 3. The summed E-state index contributed by atoms with van der Waals surface area (Å²) in [5, 5.41) is 7.44. The number of nitrogens with one attached hydrogen (secondary N) is 1. The number of nitrogens with two attached hydrogens (primary N) is 1. The molecular formula is C27H26N6O2. The number of amides is 1. The second-order valence-electron chi connectivity index (χ2n) is 8.27. The molecule has 5 rings (SSSR count). The minimum Gasteiger partial charge on any atom is -0.496 e. The molecule has 3 N–H and O–H groups in total.